The minimum atomic E-state index is -4.41. The molecule has 0 unspecified atom stereocenters. The van der Waals surface area contributed by atoms with Crippen molar-refractivity contribution in [2.24, 2.45) is 0 Å². The van der Waals surface area contributed by atoms with Gasteiger partial charge in [0.25, 0.3) is 5.91 Å². The van der Waals surface area contributed by atoms with Gasteiger partial charge in [-0.2, -0.15) is 13.2 Å². The lowest BCUT2D eigenvalue weighted by Crippen LogP contribution is -2.42. The van der Waals surface area contributed by atoms with E-state index in [-0.39, 0.29) is 18.4 Å². The molecule has 30 heavy (non-hydrogen) atoms. The summed E-state index contributed by atoms with van der Waals surface area (Å²) in [4.78, 5) is 27.9. The Balaban J connectivity index is 1.86. The summed E-state index contributed by atoms with van der Waals surface area (Å²) >= 11 is 1.24. The number of carbonyl (C=O) groups is 2. The zero-order valence-electron chi connectivity index (χ0n) is 16.3. The first-order valence-corrected chi connectivity index (χ1v) is 10.4. The molecule has 0 bridgehead atoms. The zero-order chi connectivity index (χ0) is 21.7. The van der Waals surface area contributed by atoms with Gasteiger partial charge in [-0.15, -0.1) is 0 Å². The summed E-state index contributed by atoms with van der Waals surface area (Å²) in [6.45, 7) is 2.44. The number of hydrogen-bond acceptors (Lipinski definition) is 3. The molecule has 0 spiro atoms. The Morgan fingerprint density at radius 2 is 1.83 bits per heavy atom. The second kappa shape index (κ2) is 9.38. The quantitative estimate of drug-likeness (QED) is 0.508. The number of unbranched alkanes of at least 4 members (excludes halogenated alkanes) is 1. The third-order valence-electron chi connectivity index (χ3n) is 4.52. The fourth-order valence-corrected chi connectivity index (χ4v) is 4.00. The van der Waals surface area contributed by atoms with Crippen molar-refractivity contribution in [2.75, 3.05) is 18.0 Å². The molecule has 8 heteroatoms. The van der Waals surface area contributed by atoms with Crippen LogP contribution in [0.3, 0.4) is 0 Å². The highest BCUT2D eigenvalue weighted by molar-refractivity contribution is 8.04. The maximum absolute atomic E-state index is 13.1. The van der Waals surface area contributed by atoms with Gasteiger partial charge in [-0.1, -0.05) is 49.4 Å². The van der Waals surface area contributed by atoms with E-state index in [1.165, 1.54) is 28.8 Å². The van der Waals surface area contributed by atoms with Crippen molar-refractivity contribution in [3.63, 3.8) is 0 Å². The van der Waals surface area contributed by atoms with Crippen LogP contribution < -0.4 is 10.2 Å². The molecule has 0 saturated heterocycles. The van der Waals surface area contributed by atoms with Crippen LogP contribution >= 0.6 is 11.8 Å². The third kappa shape index (κ3) is 5.24. The average Bonchev–Trinajstić information content (AvgIpc) is 2.71. The molecule has 158 valence electrons. The number of nitrogens with one attached hydrogen (secondary N) is 1. The molecule has 0 fully saturated rings. The summed E-state index contributed by atoms with van der Waals surface area (Å²) < 4.78 is 38.3. The first kappa shape index (κ1) is 22.0. The van der Waals surface area contributed by atoms with Crippen molar-refractivity contribution in [2.45, 2.75) is 30.8 Å². The molecule has 2 aromatic carbocycles. The number of alkyl halides is 3. The zero-order valence-corrected chi connectivity index (χ0v) is 17.1. The van der Waals surface area contributed by atoms with E-state index in [0.29, 0.717) is 22.7 Å². The van der Waals surface area contributed by atoms with Crippen molar-refractivity contribution in [1.82, 2.24) is 5.32 Å². The van der Waals surface area contributed by atoms with E-state index in [0.717, 1.165) is 29.9 Å². The molecule has 2 amide bonds. The number of amides is 2. The van der Waals surface area contributed by atoms with Gasteiger partial charge in [0, 0.05) is 11.4 Å². The van der Waals surface area contributed by atoms with Gasteiger partial charge in [-0.3, -0.25) is 14.5 Å². The smallest absolute Gasteiger partial charge is 0.355 e. The SMILES string of the molecule is CCCCNC(=O)CN1C(=O)/C(=C/c2ccc(C(F)(F)F)cc2)Sc2ccccc21. The highest BCUT2D eigenvalue weighted by atomic mass is 32.2. The molecule has 1 aliphatic heterocycles. The van der Waals surface area contributed by atoms with Gasteiger partial charge in [-0.05, 0) is 42.3 Å². The Labute approximate surface area is 177 Å². The maximum Gasteiger partial charge on any atom is 0.416 e. The van der Waals surface area contributed by atoms with Crippen LogP contribution in [0.15, 0.2) is 58.3 Å². The number of thioether (sulfide) groups is 1. The summed E-state index contributed by atoms with van der Waals surface area (Å²) in [5, 5.41) is 2.80. The van der Waals surface area contributed by atoms with E-state index in [2.05, 4.69) is 5.32 Å². The van der Waals surface area contributed by atoms with Crippen LogP contribution in [-0.2, 0) is 15.8 Å². The van der Waals surface area contributed by atoms with E-state index in [1.807, 2.05) is 19.1 Å². The monoisotopic (exact) mass is 434 g/mol. The van der Waals surface area contributed by atoms with Crippen LogP contribution in [0, 0.1) is 0 Å². The van der Waals surface area contributed by atoms with Crippen LogP contribution in [0.1, 0.15) is 30.9 Å². The third-order valence-corrected chi connectivity index (χ3v) is 5.60. The molecule has 1 heterocycles. The van der Waals surface area contributed by atoms with E-state index < -0.39 is 11.7 Å². The molecule has 1 aliphatic rings. The summed E-state index contributed by atoms with van der Waals surface area (Å²) in [7, 11) is 0. The highest BCUT2D eigenvalue weighted by Crippen LogP contribution is 2.42. The number of anilines is 1. The van der Waals surface area contributed by atoms with Gasteiger partial charge in [0.1, 0.15) is 6.54 Å². The second-order valence-corrected chi connectivity index (χ2v) is 7.88. The lowest BCUT2D eigenvalue weighted by atomic mass is 10.1. The number of hydrogen-bond donors (Lipinski definition) is 1. The Hall–Kier alpha value is -2.74. The molecular formula is C22H21F3N2O2S. The topological polar surface area (TPSA) is 49.4 Å². The predicted octanol–water partition coefficient (Wildman–Crippen LogP) is 5.10. The highest BCUT2D eigenvalue weighted by Gasteiger charge is 2.31. The van der Waals surface area contributed by atoms with Gasteiger partial charge < -0.3 is 5.32 Å². The summed E-state index contributed by atoms with van der Waals surface area (Å²) in [6.07, 6.45) is -1.07. The largest absolute Gasteiger partial charge is 0.416 e. The summed E-state index contributed by atoms with van der Waals surface area (Å²) in [6, 6.07) is 11.9. The molecular weight excluding hydrogens is 413 g/mol. The predicted molar refractivity (Wildman–Crippen MR) is 112 cm³/mol. The summed E-state index contributed by atoms with van der Waals surface area (Å²) in [5.74, 6) is -0.614. The Bertz CT molecular complexity index is 956. The fraction of sp³-hybridized carbons (Fsp3) is 0.273. The Kier molecular flexibility index (Phi) is 6.87. The van der Waals surface area contributed by atoms with Gasteiger partial charge >= 0.3 is 6.18 Å². The van der Waals surface area contributed by atoms with Crippen molar-refractivity contribution >= 4 is 35.3 Å². The molecule has 0 radical (unpaired) electrons. The van der Waals surface area contributed by atoms with Gasteiger partial charge in [0.05, 0.1) is 16.2 Å². The van der Waals surface area contributed by atoms with Gasteiger partial charge in [-0.25, -0.2) is 0 Å². The van der Waals surface area contributed by atoms with Crippen LogP contribution in [0.4, 0.5) is 18.9 Å². The lowest BCUT2D eigenvalue weighted by Gasteiger charge is -2.29. The molecule has 0 atom stereocenters. The van der Waals surface area contributed by atoms with Crippen molar-refractivity contribution in [1.29, 1.82) is 0 Å². The maximum atomic E-state index is 13.1. The Morgan fingerprint density at radius 3 is 2.50 bits per heavy atom. The van der Waals surface area contributed by atoms with Gasteiger partial charge in [0.15, 0.2) is 0 Å². The summed E-state index contributed by atoms with van der Waals surface area (Å²) in [5.41, 5.74) is 0.372. The Morgan fingerprint density at radius 1 is 1.13 bits per heavy atom. The number of fused-ring (bicyclic) bond motifs is 1. The van der Waals surface area contributed by atoms with Gasteiger partial charge in [0.2, 0.25) is 5.91 Å². The van der Waals surface area contributed by atoms with E-state index in [4.69, 9.17) is 0 Å². The normalized spacial score (nSPS) is 15.3. The van der Waals surface area contributed by atoms with Crippen LogP contribution in [-0.4, -0.2) is 24.9 Å². The minimum absolute atomic E-state index is 0.121. The van der Waals surface area contributed by atoms with Crippen LogP contribution in [0.5, 0.6) is 0 Å². The molecule has 3 rings (SSSR count). The molecule has 0 aliphatic carbocycles. The van der Waals surface area contributed by atoms with E-state index >= 15 is 0 Å². The van der Waals surface area contributed by atoms with Crippen molar-refractivity contribution in [3.05, 3.63) is 64.6 Å². The van der Waals surface area contributed by atoms with E-state index in [1.54, 1.807) is 18.2 Å². The average molecular weight is 434 g/mol. The molecule has 4 nitrogen and oxygen atoms in total. The molecule has 2 aromatic rings. The number of benzene rings is 2. The number of carbonyl (C=O) groups excluding carboxylic acids is 2. The minimum Gasteiger partial charge on any atom is -0.355 e. The molecule has 0 aromatic heterocycles. The number of rotatable bonds is 6. The van der Waals surface area contributed by atoms with Crippen LogP contribution in [0.2, 0.25) is 0 Å². The van der Waals surface area contributed by atoms with Crippen LogP contribution in [0.25, 0.3) is 6.08 Å². The second-order valence-electron chi connectivity index (χ2n) is 6.79. The van der Waals surface area contributed by atoms with Crippen molar-refractivity contribution in [3.8, 4) is 0 Å². The standard InChI is InChI=1S/C22H21F3N2O2S/c1-2-3-12-26-20(28)14-27-17-6-4-5-7-18(17)30-19(21(27)29)13-15-8-10-16(11-9-15)22(23,24)25/h4-11,13H,2-3,12,14H2,1H3,(H,26,28)/b19-13-. The number of para-hydroxylation sites is 1. The fourth-order valence-electron chi connectivity index (χ4n) is 2.94. The van der Waals surface area contributed by atoms with E-state index in [9.17, 15) is 22.8 Å². The number of halogens is 3. The number of nitrogens with zero attached hydrogens (tertiary/aromatic N) is 1. The first-order valence-electron chi connectivity index (χ1n) is 9.54. The molecule has 0 saturated carbocycles. The first-order chi connectivity index (χ1) is 14.3. The van der Waals surface area contributed by atoms with Crippen molar-refractivity contribution < 1.29 is 22.8 Å². The lowest BCUT2D eigenvalue weighted by molar-refractivity contribution is -0.137. The molecule has 1 N–H and O–H groups in total.